The molecule has 7 heteroatoms. The van der Waals surface area contributed by atoms with Crippen molar-refractivity contribution in [2.24, 2.45) is 0 Å². The fourth-order valence-corrected chi connectivity index (χ4v) is 2.68. The van der Waals surface area contributed by atoms with Gasteiger partial charge < -0.3 is 10.1 Å². The number of nitrogens with zero attached hydrogens (tertiary/aromatic N) is 2. The van der Waals surface area contributed by atoms with E-state index in [0.717, 1.165) is 5.69 Å². The van der Waals surface area contributed by atoms with Gasteiger partial charge in [-0.05, 0) is 59.3 Å². The van der Waals surface area contributed by atoms with Gasteiger partial charge in [-0.2, -0.15) is 5.10 Å². The molecule has 0 saturated heterocycles. The number of nitrogens with one attached hydrogen (secondary N) is 1. The summed E-state index contributed by atoms with van der Waals surface area (Å²) in [6.07, 6.45) is 2.68. The van der Waals surface area contributed by atoms with Crippen LogP contribution in [0.1, 0.15) is 6.92 Å². The molecule has 1 aromatic heterocycles. The highest BCUT2D eigenvalue weighted by molar-refractivity contribution is 9.10. The molecule has 0 radical (unpaired) electrons. The van der Waals surface area contributed by atoms with Gasteiger partial charge in [0.2, 0.25) is 0 Å². The van der Waals surface area contributed by atoms with Gasteiger partial charge in [0, 0.05) is 12.4 Å². The number of para-hydroxylation sites is 2. The van der Waals surface area contributed by atoms with Crippen LogP contribution in [0.4, 0.5) is 10.1 Å². The van der Waals surface area contributed by atoms with E-state index in [4.69, 9.17) is 4.74 Å². The van der Waals surface area contributed by atoms with E-state index >= 15 is 0 Å². The summed E-state index contributed by atoms with van der Waals surface area (Å²) in [5.41, 5.74) is 1.36. The van der Waals surface area contributed by atoms with E-state index in [2.05, 4.69) is 26.3 Å². The lowest BCUT2D eigenvalue weighted by atomic mass is 10.2. The van der Waals surface area contributed by atoms with E-state index in [1.54, 1.807) is 36.1 Å². The Morgan fingerprint density at radius 3 is 2.80 bits per heavy atom. The van der Waals surface area contributed by atoms with Crippen molar-refractivity contribution in [3.63, 3.8) is 0 Å². The molecule has 0 aliphatic rings. The van der Waals surface area contributed by atoms with Crippen LogP contribution in [0.3, 0.4) is 0 Å². The van der Waals surface area contributed by atoms with Crippen LogP contribution in [0, 0.1) is 5.82 Å². The Labute approximate surface area is 152 Å². The second kappa shape index (κ2) is 7.48. The molecule has 1 atom stereocenters. The largest absolute Gasteiger partial charge is 0.480 e. The van der Waals surface area contributed by atoms with Gasteiger partial charge in [-0.1, -0.05) is 12.1 Å². The number of carbonyl (C=O) groups is 1. The smallest absolute Gasteiger partial charge is 0.265 e. The lowest BCUT2D eigenvalue weighted by molar-refractivity contribution is -0.122. The molecule has 0 bridgehead atoms. The molecule has 25 heavy (non-hydrogen) atoms. The summed E-state index contributed by atoms with van der Waals surface area (Å²) in [5.74, 6) is -0.315. The van der Waals surface area contributed by atoms with E-state index < -0.39 is 6.10 Å². The summed E-state index contributed by atoms with van der Waals surface area (Å²) in [5, 5.41) is 7.01. The van der Waals surface area contributed by atoms with Crippen LogP contribution in [-0.4, -0.2) is 21.8 Å². The Balaban J connectivity index is 1.74. The fraction of sp³-hybridized carbons (Fsp3) is 0.111. The number of benzene rings is 2. The van der Waals surface area contributed by atoms with Crippen molar-refractivity contribution < 1.29 is 13.9 Å². The zero-order valence-electron chi connectivity index (χ0n) is 13.3. The molecule has 2 aromatic carbocycles. The maximum atomic E-state index is 13.1. The Morgan fingerprint density at radius 1 is 1.28 bits per heavy atom. The van der Waals surface area contributed by atoms with E-state index in [1.165, 1.54) is 18.2 Å². The van der Waals surface area contributed by atoms with Gasteiger partial charge in [0.15, 0.2) is 6.10 Å². The topological polar surface area (TPSA) is 56.1 Å². The zero-order valence-corrected chi connectivity index (χ0v) is 14.9. The molecule has 1 unspecified atom stereocenters. The van der Waals surface area contributed by atoms with Crippen LogP contribution >= 0.6 is 15.9 Å². The number of hydrogen-bond donors (Lipinski definition) is 1. The summed E-state index contributed by atoms with van der Waals surface area (Å²) in [7, 11) is 0. The lowest BCUT2D eigenvalue weighted by Gasteiger charge is -2.17. The van der Waals surface area contributed by atoms with Crippen molar-refractivity contribution in [2.75, 3.05) is 5.32 Å². The van der Waals surface area contributed by atoms with Crippen LogP contribution in [0.5, 0.6) is 5.75 Å². The molecule has 0 fully saturated rings. The number of hydrogen-bond acceptors (Lipinski definition) is 3. The van der Waals surface area contributed by atoms with Crippen molar-refractivity contribution in [3.05, 3.63) is 71.2 Å². The summed E-state index contributed by atoms with van der Waals surface area (Å²) >= 11 is 3.22. The third-order valence-corrected chi connectivity index (χ3v) is 4.10. The first-order chi connectivity index (χ1) is 12.0. The van der Waals surface area contributed by atoms with Gasteiger partial charge in [-0.25, -0.2) is 9.07 Å². The minimum Gasteiger partial charge on any atom is -0.480 e. The Hall–Kier alpha value is -2.67. The first-order valence-corrected chi connectivity index (χ1v) is 8.35. The zero-order chi connectivity index (χ0) is 17.8. The van der Waals surface area contributed by atoms with E-state index in [-0.39, 0.29) is 11.7 Å². The van der Waals surface area contributed by atoms with E-state index in [0.29, 0.717) is 15.9 Å². The molecule has 0 saturated carbocycles. The predicted molar refractivity (Wildman–Crippen MR) is 96.4 cm³/mol. The Kier molecular flexibility index (Phi) is 5.14. The number of carbonyl (C=O) groups excluding carboxylic acids is 1. The minimum absolute atomic E-state index is 0.323. The van der Waals surface area contributed by atoms with Crippen molar-refractivity contribution >= 4 is 27.5 Å². The van der Waals surface area contributed by atoms with Gasteiger partial charge in [0.1, 0.15) is 11.6 Å². The maximum absolute atomic E-state index is 13.1. The first-order valence-electron chi connectivity index (χ1n) is 7.56. The van der Waals surface area contributed by atoms with Crippen LogP contribution < -0.4 is 10.1 Å². The van der Waals surface area contributed by atoms with Gasteiger partial charge in [-0.15, -0.1) is 0 Å². The van der Waals surface area contributed by atoms with Crippen molar-refractivity contribution in [2.45, 2.75) is 13.0 Å². The second-order valence-corrected chi connectivity index (χ2v) is 6.15. The van der Waals surface area contributed by atoms with Crippen LogP contribution in [0.2, 0.25) is 0 Å². The van der Waals surface area contributed by atoms with Gasteiger partial charge in [-0.3, -0.25) is 4.79 Å². The second-order valence-electron chi connectivity index (χ2n) is 5.29. The average Bonchev–Trinajstić information content (AvgIpc) is 3.12. The summed E-state index contributed by atoms with van der Waals surface area (Å²) < 4.78 is 20.9. The molecule has 1 amide bonds. The number of amides is 1. The number of aromatic nitrogens is 2. The lowest BCUT2D eigenvalue weighted by Crippen LogP contribution is -2.30. The SMILES string of the molecule is CC(Oc1ccc(F)cc1Br)C(=O)Nc1ccccc1-n1cccn1. The predicted octanol–water partition coefficient (Wildman–Crippen LogP) is 4.18. The number of anilines is 1. The van der Waals surface area contributed by atoms with Crippen LogP contribution in [0.15, 0.2) is 65.4 Å². The molecular formula is C18H15BrFN3O2. The molecule has 1 N–H and O–H groups in total. The van der Waals surface area contributed by atoms with Crippen LogP contribution in [-0.2, 0) is 4.79 Å². The van der Waals surface area contributed by atoms with Gasteiger partial charge in [0.05, 0.1) is 15.8 Å². The van der Waals surface area contributed by atoms with Gasteiger partial charge in [0.25, 0.3) is 5.91 Å². The highest BCUT2D eigenvalue weighted by atomic mass is 79.9. The van der Waals surface area contributed by atoms with E-state index in [9.17, 15) is 9.18 Å². The highest BCUT2D eigenvalue weighted by Gasteiger charge is 2.18. The standard InChI is InChI=1S/C18H15BrFN3O2/c1-12(25-17-8-7-13(20)11-14(17)19)18(24)22-15-5-2-3-6-16(15)23-10-4-9-21-23/h2-12H,1H3,(H,22,24). The molecule has 5 nitrogen and oxygen atoms in total. The molecule has 0 aliphatic carbocycles. The molecular weight excluding hydrogens is 389 g/mol. The molecule has 3 aromatic rings. The Morgan fingerprint density at radius 2 is 2.08 bits per heavy atom. The Bertz CT molecular complexity index is 884. The minimum atomic E-state index is -0.771. The van der Waals surface area contributed by atoms with E-state index in [1.807, 2.05) is 18.2 Å². The molecule has 1 heterocycles. The van der Waals surface area contributed by atoms with Crippen LogP contribution in [0.25, 0.3) is 5.69 Å². The number of ether oxygens (including phenoxy) is 1. The van der Waals surface area contributed by atoms with Gasteiger partial charge >= 0.3 is 0 Å². The third-order valence-electron chi connectivity index (χ3n) is 3.48. The first kappa shape index (κ1) is 17.2. The summed E-state index contributed by atoms with van der Waals surface area (Å²) in [6.45, 7) is 1.63. The molecule has 3 rings (SSSR count). The van der Waals surface area contributed by atoms with Crippen molar-refractivity contribution in [1.82, 2.24) is 9.78 Å². The average molecular weight is 404 g/mol. The molecule has 0 aliphatic heterocycles. The maximum Gasteiger partial charge on any atom is 0.265 e. The normalized spacial score (nSPS) is 11.8. The van der Waals surface area contributed by atoms with Crippen molar-refractivity contribution in [1.29, 1.82) is 0 Å². The summed E-state index contributed by atoms with van der Waals surface area (Å²) in [4.78, 5) is 12.5. The third kappa shape index (κ3) is 4.06. The highest BCUT2D eigenvalue weighted by Crippen LogP contribution is 2.27. The fourth-order valence-electron chi connectivity index (χ4n) is 2.24. The molecule has 128 valence electrons. The summed E-state index contributed by atoms with van der Waals surface area (Å²) in [6, 6.07) is 13.2. The molecule has 0 spiro atoms. The number of rotatable bonds is 5. The van der Waals surface area contributed by atoms with Crippen molar-refractivity contribution in [3.8, 4) is 11.4 Å². The number of halogens is 2. The quantitative estimate of drug-likeness (QED) is 0.694. The monoisotopic (exact) mass is 403 g/mol.